The fourth-order valence-corrected chi connectivity index (χ4v) is 2.55. The van der Waals surface area contributed by atoms with Crippen molar-refractivity contribution in [3.63, 3.8) is 0 Å². The Bertz CT molecular complexity index is 686. The number of nitrogens with one attached hydrogen (secondary N) is 2. The number of benzene rings is 1. The maximum Gasteiger partial charge on any atom is 0.226 e. The smallest absolute Gasteiger partial charge is 0.226 e. The van der Waals surface area contributed by atoms with E-state index in [-0.39, 0.29) is 24.0 Å². The molecule has 156 valence electrons. The van der Waals surface area contributed by atoms with Crippen molar-refractivity contribution in [2.24, 2.45) is 4.99 Å². The van der Waals surface area contributed by atoms with Crippen molar-refractivity contribution in [1.82, 2.24) is 15.6 Å². The molecular formula is C21H33IN4O2. The molecule has 0 aliphatic heterocycles. The number of halogens is 1. The van der Waals surface area contributed by atoms with Crippen LogP contribution in [0.3, 0.4) is 0 Å². The molecule has 1 heterocycles. The van der Waals surface area contributed by atoms with Gasteiger partial charge in [-0.1, -0.05) is 17.7 Å². The van der Waals surface area contributed by atoms with Gasteiger partial charge in [0.2, 0.25) is 5.89 Å². The molecule has 0 saturated heterocycles. The molecule has 0 bridgehead atoms. The highest BCUT2D eigenvalue weighted by atomic mass is 127. The predicted octanol–water partition coefficient (Wildman–Crippen LogP) is 4.18. The lowest BCUT2D eigenvalue weighted by molar-refractivity contribution is 0.144. The first kappa shape index (κ1) is 24.4. The molecule has 2 N–H and O–H groups in total. The normalized spacial score (nSPS) is 11.2. The first-order chi connectivity index (χ1) is 13.2. The second kappa shape index (κ2) is 14.4. The Labute approximate surface area is 185 Å². The average molecular weight is 500 g/mol. The van der Waals surface area contributed by atoms with E-state index in [2.05, 4.69) is 46.6 Å². The molecule has 0 amide bonds. The summed E-state index contributed by atoms with van der Waals surface area (Å²) in [4.78, 5) is 9.17. The van der Waals surface area contributed by atoms with Gasteiger partial charge in [0, 0.05) is 44.8 Å². The van der Waals surface area contributed by atoms with Crippen LogP contribution in [0.2, 0.25) is 0 Å². The van der Waals surface area contributed by atoms with Gasteiger partial charge in [0.15, 0.2) is 5.96 Å². The number of guanidine groups is 1. The van der Waals surface area contributed by atoms with Crippen molar-refractivity contribution < 1.29 is 9.15 Å². The summed E-state index contributed by atoms with van der Waals surface area (Å²) in [5.41, 5.74) is 3.16. The van der Waals surface area contributed by atoms with Crippen molar-refractivity contribution >= 4 is 29.9 Å². The van der Waals surface area contributed by atoms with Crippen LogP contribution in [0, 0.1) is 6.92 Å². The number of aromatic nitrogens is 1. The third-order valence-electron chi connectivity index (χ3n) is 4.04. The summed E-state index contributed by atoms with van der Waals surface area (Å²) in [6.45, 7) is 10.1. The standard InChI is InChI=1S/C21H32N4O2.HI/c1-4-22-21(23-13-6-7-15-26-5-2)24-14-12-19-16-27-20(25-19)18-10-8-17(3)9-11-18;/h8-11,16H,4-7,12-15H2,1-3H3,(H2,22,23,24);1H. The quantitative estimate of drug-likeness (QED) is 0.210. The van der Waals surface area contributed by atoms with Crippen LogP contribution in [0.1, 0.15) is 37.9 Å². The molecule has 0 saturated carbocycles. The van der Waals surface area contributed by atoms with Crippen LogP contribution in [0.15, 0.2) is 39.9 Å². The first-order valence-corrected chi connectivity index (χ1v) is 9.84. The van der Waals surface area contributed by atoms with E-state index in [4.69, 9.17) is 9.15 Å². The van der Waals surface area contributed by atoms with E-state index >= 15 is 0 Å². The lowest BCUT2D eigenvalue weighted by atomic mass is 10.1. The lowest BCUT2D eigenvalue weighted by Crippen LogP contribution is -2.38. The maximum atomic E-state index is 5.61. The fraction of sp³-hybridized carbons (Fsp3) is 0.524. The minimum absolute atomic E-state index is 0. The van der Waals surface area contributed by atoms with E-state index in [0.29, 0.717) is 5.89 Å². The van der Waals surface area contributed by atoms with Gasteiger partial charge in [-0.15, -0.1) is 24.0 Å². The third-order valence-corrected chi connectivity index (χ3v) is 4.04. The Balaban J connectivity index is 0.00000392. The number of oxazole rings is 1. The summed E-state index contributed by atoms with van der Waals surface area (Å²) in [6.07, 6.45) is 4.58. The maximum absolute atomic E-state index is 5.61. The van der Waals surface area contributed by atoms with Gasteiger partial charge in [0.1, 0.15) is 6.26 Å². The number of aliphatic imine (C=N–C) groups is 1. The number of unbranched alkanes of at least 4 members (excludes halogenated alkanes) is 1. The summed E-state index contributed by atoms with van der Waals surface area (Å²) >= 11 is 0. The number of ether oxygens (including phenoxy) is 1. The van der Waals surface area contributed by atoms with Crippen LogP contribution < -0.4 is 10.6 Å². The molecule has 7 heteroatoms. The highest BCUT2D eigenvalue weighted by molar-refractivity contribution is 14.0. The fourth-order valence-electron chi connectivity index (χ4n) is 2.55. The molecule has 0 spiro atoms. The number of nitrogens with zero attached hydrogens (tertiary/aromatic N) is 2. The molecule has 6 nitrogen and oxygen atoms in total. The average Bonchev–Trinajstić information content (AvgIpc) is 3.14. The van der Waals surface area contributed by atoms with Crippen LogP contribution in [0.5, 0.6) is 0 Å². The van der Waals surface area contributed by atoms with Crippen LogP contribution in [-0.4, -0.2) is 43.8 Å². The van der Waals surface area contributed by atoms with Gasteiger partial charge in [-0.3, -0.25) is 4.99 Å². The molecule has 0 atom stereocenters. The Hall–Kier alpha value is -1.61. The number of hydrogen-bond acceptors (Lipinski definition) is 4. The van der Waals surface area contributed by atoms with Crippen LogP contribution >= 0.6 is 24.0 Å². The first-order valence-electron chi connectivity index (χ1n) is 9.84. The van der Waals surface area contributed by atoms with Crippen molar-refractivity contribution in [2.45, 2.75) is 40.0 Å². The van der Waals surface area contributed by atoms with Crippen LogP contribution in [-0.2, 0) is 11.2 Å². The van der Waals surface area contributed by atoms with E-state index < -0.39 is 0 Å². The summed E-state index contributed by atoms with van der Waals surface area (Å²) in [5.74, 6) is 1.51. The van der Waals surface area contributed by atoms with Crippen LogP contribution in [0.25, 0.3) is 11.5 Å². The highest BCUT2D eigenvalue weighted by Gasteiger charge is 2.07. The Morgan fingerprint density at radius 1 is 1.14 bits per heavy atom. The van der Waals surface area contributed by atoms with Gasteiger partial charge in [0.05, 0.1) is 5.69 Å². The van der Waals surface area contributed by atoms with Crippen molar-refractivity contribution in [1.29, 1.82) is 0 Å². The third kappa shape index (κ3) is 9.05. The van der Waals surface area contributed by atoms with Gasteiger partial charge >= 0.3 is 0 Å². The Kier molecular flexibility index (Phi) is 12.6. The summed E-state index contributed by atoms with van der Waals surface area (Å²) in [5, 5.41) is 6.62. The minimum Gasteiger partial charge on any atom is -0.444 e. The molecule has 0 aliphatic rings. The van der Waals surface area contributed by atoms with Gasteiger partial charge in [-0.2, -0.15) is 0 Å². The van der Waals surface area contributed by atoms with Crippen molar-refractivity contribution in [2.75, 3.05) is 32.8 Å². The van der Waals surface area contributed by atoms with E-state index in [1.54, 1.807) is 6.26 Å². The van der Waals surface area contributed by atoms with Crippen molar-refractivity contribution in [3.8, 4) is 11.5 Å². The van der Waals surface area contributed by atoms with E-state index in [9.17, 15) is 0 Å². The molecule has 1 aromatic carbocycles. The van der Waals surface area contributed by atoms with E-state index in [0.717, 1.165) is 69.3 Å². The molecule has 0 aliphatic carbocycles. The van der Waals surface area contributed by atoms with Gasteiger partial charge < -0.3 is 19.8 Å². The predicted molar refractivity (Wildman–Crippen MR) is 126 cm³/mol. The summed E-state index contributed by atoms with van der Waals surface area (Å²) < 4.78 is 11.0. The SMILES string of the molecule is CCNC(=NCCCCOCC)NCCc1coc(-c2ccc(C)cc2)n1.I. The van der Waals surface area contributed by atoms with Gasteiger partial charge in [-0.05, 0) is 45.7 Å². The zero-order valence-electron chi connectivity index (χ0n) is 17.2. The Morgan fingerprint density at radius 2 is 1.93 bits per heavy atom. The molecule has 28 heavy (non-hydrogen) atoms. The topological polar surface area (TPSA) is 71.7 Å². The molecule has 2 aromatic rings. The highest BCUT2D eigenvalue weighted by Crippen LogP contribution is 2.19. The molecule has 0 radical (unpaired) electrons. The zero-order chi connectivity index (χ0) is 19.3. The lowest BCUT2D eigenvalue weighted by Gasteiger charge is -2.10. The van der Waals surface area contributed by atoms with E-state index in [1.807, 2.05) is 19.1 Å². The minimum atomic E-state index is 0. The van der Waals surface area contributed by atoms with Crippen LogP contribution in [0.4, 0.5) is 0 Å². The molecule has 2 rings (SSSR count). The van der Waals surface area contributed by atoms with Crippen molar-refractivity contribution in [3.05, 3.63) is 41.8 Å². The largest absolute Gasteiger partial charge is 0.444 e. The molecule has 1 aromatic heterocycles. The molecular weight excluding hydrogens is 467 g/mol. The molecule has 0 fully saturated rings. The monoisotopic (exact) mass is 500 g/mol. The number of aryl methyl sites for hydroxylation is 1. The molecule has 0 unspecified atom stereocenters. The van der Waals surface area contributed by atoms with Gasteiger partial charge in [0.25, 0.3) is 0 Å². The zero-order valence-corrected chi connectivity index (χ0v) is 19.5. The second-order valence-corrected chi connectivity index (χ2v) is 6.35. The number of hydrogen-bond donors (Lipinski definition) is 2. The summed E-state index contributed by atoms with van der Waals surface area (Å²) in [7, 11) is 0. The summed E-state index contributed by atoms with van der Waals surface area (Å²) in [6, 6.07) is 8.19. The Morgan fingerprint density at radius 3 is 2.64 bits per heavy atom. The van der Waals surface area contributed by atoms with Gasteiger partial charge in [-0.25, -0.2) is 4.98 Å². The second-order valence-electron chi connectivity index (χ2n) is 6.35. The number of rotatable bonds is 11. The van der Waals surface area contributed by atoms with E-state index in [1.165, 1.54) is 5.56 Å².